The fourth-order valence-corrected chi connectivity index (χ4v) is 1.77. The standard InChI is InChI=1S/C15H21F3N2O/c1-10(2)8-9-19-14(21)20-11(3)12-4-6-13(7-5-12)15(16,17)18/h4-7,10-11H,8-9H2,1-3H3,(H2,19,20,21). The maximum atomic E-state index is 12.5. The van der Waals surface area contributed by atoms with E-state index in [1.54, 1.807) is 6.92 Å². The summed E-state index contributed by atoms with van der Waals surface area (Å²) in [4.78, 5) is 11.6. The third-order valence-electron chi connectivity index (χ3n) is 3.09. The van der Waals surface area contributed by atoms with Gasteiger partial charge in [0.05, 0.1) is 11.6 Å². The SMILES string of the molecule is CC(C)CCNC(=O)NC(C)c1ccc(C(F)(F)F)cc1. The molecule has 0 aliphatic heterocycles. The molecule has 0 saturated heterocycles. The van der Waals surface area contributed by atoms with Crippen molar-refractivity contribution in [2.24, 2.45) is 5.92 Å². The minimum absolute atomic E-state index is 0.317. The molecule has 6 heteroatoms. The number of alkyl halides is 3. The van der Waals surface area contributed by atoms with Gasteiger partial charge in [-0.05, 0) is 37.0 Å². The van der Waals surface area contributed by atoms with Gasteiger partial charge in [-0.15, -0.1) is 0 Å². The van der Waals surface area contributed by atoms with Crippen molar-refractivity contribution >= 4 is 6.03 Å². The summed E-state index contributed by atoms with van der Waals surface area (Å²) < 4.78 is 37.4. The van der Waals surface area contributed by atoms with Crippen LogP contribution in [0.4, 0.5) is 18.0 Å². The Balaban J connectivity index is 2.52. The first-order chi connectivity index (χ1) is 9.70. The van der Waals surface area contributed by atoms with Crippen molar-refractivity contribution < 1.29 is 18.0 Å². The highest BCUT2D eigenvalue weighted by Crippen LogP contribution is 2.29. The van der Waals surface area contributed by atoms with Crippen molar-refractivity contribution in [1.82, 2.24) is 10.6 Å². The Morgan fingerprint density at radius 2 is 1.71 bits per heavy atom. The van der Waals surface area contributed by atoms with Crippen LogP contribution in [-0.4, -0.2) is 12.6 Å². The van der Waals surface area contributed by atoms with E-state index in [-0.39, 0.29) is 12.1 Å². The van der Waals surface area contributed by atoms with Crippen LogP contribution in [0.5, 0.6) is 0 Å². The molecule has 3 nitrogen and oxygen atoms in total. The quantitative estimate of drug-likeness (QED) is 0.844. The molecule has 0 fully saturated rings. The van der Waals surface area contributed by atoms with E-state index < -0.39 is 11.7 Å². The van der Waals surface area contributed by atoms with Gasteiger partial charge >= 0.3 is 12.2 Å². The van der Waals surface area contributed by atoms with Gasteiger partial charge in [-0.1, -0.05) is 26.0 Å². The normalized spacial score (nSPS) is 13.1. The van der Waals surface area contributed by atoms with Crippen LogP contribution in [0.1, 0.15) is 44.4 Å². The summed E-state index contributed by atoms with van der Waals surface area (Å²) in [5.41, 5.74) is -0.0677. The van der Waals surface area contributed by atoms with Crippen LogP contribution in [0.3, 0.4) is 0 Å². The molecular weight excluding hydrogens is 281 g/mol. The Morgan fingerprint density at radius 3 is 2.19 bits per heavy atom. The minimum Gasteiger partial charge on any atom is -0.338 e. The molecule has 0 aliphatic rings. The summed E-state index contributed by atoms with van der Waals surface area (Å²) >= 11 is 0. The number of benzene rings is 1. The van der Waals surface area contributed by atoms with Crippen molar-refractivity contribution in [3.8, 4) is 0 Å². The van der Waals surface area contributed by atoms with Gasteiger partial charge in [-0.3, -0.25) is 0 Å². The molecule has 0 saturated carbocycles. The molecule has 1 aromatic carbocycles. The Hall–Kier alpha value is -1.72. The number of hydrogen-bond donors (Lipinski definition) is 2. The van der Waals surface area contributed by atoms with Crippen LogP contribution in [0.2, 0.25) is 0 Å². The number of nitrogens with one attached hydrogen (secondary N) is 2. The van der Waals surface area contributed by atoms with Crippen molar-refractivity contribution in [2.75, 3.05) is 6.54 Å². The zero-order chi connectivity index (χ0) is 16.0. The predicted octanol–water partition coefficient (Wildman–Crippen LogP) is 4.11. The molecule has 0 radical (unpaired) electrons. The number of amides is 2. The van der Waals surface area contributed by atoms with Crippen molar-refractivity contribution in [3.63, 3.8) is 0 Å². The van der Waals surface area contributed by atoms with E-state index in [2.05, 4.69) is 24.5 Å². The summed E-state index contributed by atoms with van der Waals surface area (Å²) in [5, 5.41) is 5.42. The lowest BCUT2D eigenvalue weighted by molar-refractivity contribution is -0.137. The average Bonchev–Trinajstić information content (AvgIpc) is 2.37. The number of hydrogen-bond acceptors (Lipinski definition) is 1. The number of halogens is 3. The lowest BCUT2D eigenvalue weighted by atomic mass is 10.1. The molecule has 1 unspecified atom stereocenters. The zero-order valence-corrected chi connectivity index (χ0v) is 12.4. The first-order valence-corrected chi connectivity index (χ1v) is 6.91. The third kappa shape index (κ3) is 6.06. The third-order valence-corrected chi connectivity index (χ3v) is 3.09. The topological polar surface area (TPSA) is 41.1 Å². The lowest BCUT2D eigenvalue weighted by Crippen LogP contribution is -2.37. The van der Waals surface area contributed by atoms with E-state index >= 15 is 0 Å². The number of carbonyl (C=O) groups is 1. The molecule has 1 aromatic rings. The van der Waals surface area contributed by atoms with Gasteiger partial charge < -0.3 is 10.6 Å². The van der Waals surface area contributed by atoms with Crippen LogP contribution in [0, 0.1) is 5.92 Å². The van der Waals surface area contributed by atoms with E-state index in [4.69, 9.17) is 0 Å². The average molecular weight is 302 g/mol. The molecule has 2 N–H and O–H groups in total. The van der Waals surface area contributed by atoms with E-state index in [0.717, 1.165) is 18.6 Å². The van der Waals surface area contributed by atoms with Crippen LogP contribution < -0.4 is 10.6 Å². The van der Waals surface area contributed by atoms with Crippen LogP contribution in [0.25, 0.3) is 0 Å². The van der Waals surface area contributed by atoms with E-state index in [1.165, 1.54) is 12.1 Å². The molecule has 1 rings (SSSR count). The molecule has 0 spiro atoms. The summed E-state index contributed by atoms with van der Waals surface area (Å²) in [6, 6.07) is 4.12. The summed E-state index contributed by atoms with van der Waals surface area (Å²) in [7, 11) is 0. The zero-order valence-electron chi connectivity index (χ0n) is 12.4. The molecule has 21 heavy (non-hydrogen) atoms. The monoisotopic (exact) mass is 302 g/mol. The second kappa shape index (κ2) is 7.33. The Labute approximate surface area is 122 Å². The summed E-state index contributed by atoms with van der Waals surface area (Å²) in [6.45, 7) is 6.42. The van der Waals surface area contributed by atoms with Gasteiger partial charge in [0, 0.05) is 6.54 Å². The molecule has 0 aromatic heterocycles. The number of urea groups is 1. The highest BCUT2D eigenvalue weighted by molar-refractivity contribution is 5.74. The summed E-state index contributed by atoms with van der Waals surface area (Å²) in [6.07, 6.45) is -3.47. The van der Waals surface area contributed by atoms with Crippen molar-refractivity contribution in [2.45, 2.75) is 39.4 Å². The molecule has 0 aliphatic carbocycles. The van der Waals surface area contributed by atoms with E-state index in [1.807, 2.05) is 0 Å². The number of carbonyl (C=O) groups excluding carboxylic acids is 1. The van der Waals surface area contributed by atoms with Crippen LogP contribution in [-0.2, 0) is 6.18 Å². The highest BCUT2D eigenvalue weighted by Gasteiger charge is 2.30. The van der Waals surface area contributed by atoms with Gasteiger partial charge in [-0.25, -0.2) is 4.79 Å². The molecule has 0 heterocycles. The molecule has 1 atom stereocenters. The molecule has 2 amide bonds. The van der Waals surface area contributed by atoms with Gasteiger partial charge in [0.25, 0.3) is 0 Å². The largest absolute Gasteiger partial charge is 0.416 e. The fraction of sp³-hybridized carbons (Fsp3) is 0.533. The second-order valence-electron chi connectivity index (χ2n) is 5.42. The van der Waals surface area contributed by atoms with Crippen LogP contribution in [0.15, 0.2) is 24.3 Å². The Bertz CT molecular complexity index is 455. The maximum Gasteiger partial charge on any atom is 0.416 e. The van der Waals surface area contributed by atoms with E-state index in [0.29, 0.717) is 18.0 Å². The van der Waals surface area contributed by atoms with E-state index in [9.17, 15) is 18.0 Å². The fourth-order valence-electron chi connectivity index (χ4n) is 1.77. The van der Waals surface area contributed by atoms with Gasteiger partial charge in [0.1, 0.15) is 0 Å². The first-order valence-electron chi connectivity index (χ1n) is 6.91. The molecule has 118 valence electrons. The maximum absolute atomic E-state index is 12.5. The Morgan fingerprint density at radius 1 is 1.14 bits per heavy atom. The van der Waals surface area contributed by atoms with Gasteiger partial charge in [-0.2, -0.15) is 13.2 Å². The van der Waals surface area contributed by atoms with Gasteiger partial charge in [0.15, 0.2) is 0 Å². The Kier molecular flexibility index (Phi) is 6.05. The second-order valence-corrected chi connectivity index (χ2v) is 5.42. The highest BCUT2D eigenvalue weighted by atomic mass is 19.4. The first kappa shape index (κ1) is 17.3. The number of rotatable bonds is 5. The van der Waals surface area contributed by atoms with Crippen molar-refractivity contribution in [3.05, 3.63) is 35.4 Å². The predicted molar refractivity (Wildman–Crippen MR) is 75.8 cm³/mol. The van der Waals surface area contributed by atoms with Gasteiger partial charge in [0.2, 0.25) is 0 Å². The van der Waals surface area contributed by atoms with Crippen molar-refractivity contribution in [1.29, 1.82) is 0 Å². The van der Waals surface area contributed by atoms with Crippen LogP contribution >= 0.6 is 0 Å². The smallest absolute Gasteiger partial charge is 0.338 e. The molecule has 0 bridgehead atoms. The molecular formula is C15H21F3N2O. The summed E-state index contributed by atoms with van der Waals surface area (Å²) in [5.74, 6) is 0.498. The lowest BCUT2D eigenvalue weighted by Gasteiger charge is -2.16. The minimum atomic E-state index is -4.34.